The summed E-state index contributed by atoms with van der Waals surface area (Å²) in [6, 6.07) is 13.0. The normalized spacial score (nSPS) is 22.0. The minimum Gasteiger partial charge on any atom is -0.347 e. The summed E-state index contributed by atoms with van der Waals surface area (Å²) in [5.41, 5.74) is 12.6. The fraction of sp³-hybridized carbons (Fsp3) is 0.577. The zero-order valence-electron chi connectivity index (χ0n) is 43.5. The van der Waals surface area contributed by atoms with Gasteiger partial charge < -0.3 is 56.6 Å². The predicted molar refractivity (Wildman–Crippen MR) is 273 cm³/mol. The quantitative estimate of drug-likeness (QED) is 0.0701. The van der Waals surface area contributed by atoms with E-state index in [-0.39, 0.29) is 37.1 Å². The van der Waals surface area contributed by atoms with Crippen molar-refractivity contribution in [3.05, 3.63) is 87.9 Å². The van der Waals surface area contributed by atoms with Crippen molar-refractivity contribution in [2.24, 2.45) is 0 Å². The number of hydrogen-bond donors (Lipinski definition) is 8. The molecule has 0 spiro atoms. The minimum atomic E-state index is -1.49. The molecule has 0 bridgehead atoms. The van der Waals surface area contributed by atoms with Gasteiger partial charge in [-0.2, -0.15) is 0 Å². The fourth-order valence-electron chi connectivity index (χ4n) is 10.6. The summed E-state index contributed by atoms with van der Waals surface area (Å²) in [7, 11) is 5.03. The molecule has 400 valence electrons. The summed E-state index contributed by atoms with van der Waals surface area (Å²) in [4.78, 5) is 87.1. The zero-order chi connectivity index (χ0) is 52.5. The highest BCUT2D eigenvalue weighted by Crippen LogP contribution is 2.33. The van der Waals surface area contributed by atoms with E-state index in [1.807, 2.05) is 43.3 Å². The summed E-state index contributed by atoms with van der Waals surface area (Å²) in [5.74, 6) is -2.59. The number of likely N-dealkylation sites (N-methyl/N-ethyl adjacent to an activating group) is 2. The average Bonchev–Trinajstić information content (AvgIpc) is 4.26. The Morgan fingerprint density at radius 1 is 0.703 bits per heavy atom. The molecule has 6 amide bonds. The number of carbonyl (C=O) groups is 6. The molecule has 0 saturated carbocycles. The number of hydrazine groups is 2. The van der Waals surface area contributed by atoms with E-state index < -0.39 is 60.3 Å². The van der Waals surface area contributed by atoms with Gasteiger partial charge in [0.2, 0.25) is 36.1 Å². The van der Waals surface area contributed by atoms with Crippen molar-refractivity contribution in [2.75, 3.05) is 40.8 Å². The van der Waals surface area contributed by atoms with Gasteiger partial charge in [0.05, 0.1) is 43.1 Å². The first kappa shape index (κ1) is 53.8. The summed E-state index contributed by atoms with van der Waals surface area (Å²) in [6.45, 7) is 5.83. The molecule has 2 aromatic carbocycles. The third-order valence-electron chi connectivity index (χ3n) is 14.9. The molecule has 2 saturated heterocycles. The largest absolute Gasteiger partial charge is 0.347 e. The Kier molecular flexibility index (Phi) is 18.0. The number of nitrogens with zero attached hydrogens (tertiary/aromatic N) is 6. The molecule has 8 N–H and O–H groups in total. The first-order valence-corrected chi connectivity index (χ1v) is 26.3. The second kappa shape index (κ2) is 24.7. The highest BCUT2D eigenvalue weighted by molar-refractivity contribution is 5.94. The van der Waals surface area contributed by atoms with Crippen LogP contribution in [0.3, 0.4) is 0 Å². The fourth-order valence-corrected chi connectivity index (χ4v) is 10.6. The molecule has 4 heterocycles. The summed E-state index contributed by atoms with van der Waals surface area (Å²) >= 11 is 0. The molecule has 5 aliphatic rings. The first-order valence-electron chi connectivity index (χ1n) is 26.3. The maximum Gasteiger partial charge on any atom is 0.273 e. The lowest BCUT2D eigenvalue weighted by Gasteiger charge is -2.32. The van der Waals surface area contributed by atoms with Crippen molar-refractivity contribution < 1.29 is 38.2 Å². The lowest BCUT2D eigenvalue weighted by Crippen LogP contribution is -2.56. The van der Waals surface area contributed by atoms with Gasteiger partial charge in [-0.05, 0) is 121 Å². The van der Waals surface area contributed by atoms with Crippen LogP contribution in [0.5, 0.6) is 0 Å². The number of fused-ring (bicyclic) bond motifs is 2. The van der Waals surface area contributed by atoms with Crippen LogP contribution in [0, 0.1) is 0 Å². The second-order valence-corrected chi connectivity index (χ2v) is 19.8. The molecule has 2 aliphatic carbocycles. The average molecular weight is 1020 g/mol. The number of nitrogens with one attached hydrogen (secondary N) is 8. The molecule has 0 radical (unpaired) electrons. The molecule has 74 heavy (non-hydrogen) atoms. The summed E-state index contributed by atoms with van der Waals surface area (Å²) < 4.78 is 14.4. The molecular formula is C52H74N14O8. The third kappa shape index (κ3) is 12.0. The van der Waals surface area contributed by atoms with Gasteiger partial charge >= 0.3 is 0 Å². The lowest BCUT2D eigenvalue weighted by molar-refractivity contribution is -0.154. The van der Waals surface area contributed by atoms with Crippen LogP contribution in [-0.2, 0) is 64.2 Å². The van der Waals surface area contributed by atoms with Crippen molar-refractivity contribution in [3.8, 4) is 0 Å². The smallest absolute Gasteiger partial charge is 0.273 e. The van der Waals surface area contributed by atoms with Crippen LogP contribution in [0.2, 0.25) is 0 Å². The van der Waals surface area contributed by atoms with Gasteiger partial charge in [0.25, 0.3) is 11.8 Å². The Morgan fingerprint density at radius 2 is 1.20 bits per heavy atom. The number of rotatable bonds is 21. The van der Waals surface area contributed by atoms with Crippen LogP contribution >= 0.6 is 0 Å². The van der Waals surface area contributed by atoms with Gasteiger partial charge in [-0.3, -0.25) is 33.8 Å². The highest BCUT2D eigenvalue weighted by atomic mass is 16.5. The molecule has 1 aromatic heterocycles. The summed E-state index contributed by atoms with van der Waals surface area (Å²) in [5, 5.41) is 28.5. The first-order chi connectivity index (χ1) is 35.8. The lowest BCUT2D eigenvalue weighted by atomic mass is 9.87. The Bertz CT molecular complexity index is 2550. The van der Waals surface area contributed by atoms with Gasteiger partial charge in [-0.15, -0.1) is 10.6 Å². The number of ether oxygens (including phenoxy) is 2. The van der Waals surface area contributed by atoms with Gasteiger partial charge in [0.1, 0.15) is 29.2 Å². The molecular weight excluding hydrogens is 949 g/mol. The van der Waals surface area contributed by atoms with Crippen LogP contribution in [-0.4, -0.2) is 143 Å². The van der Waals surface area contributed by atoms with Crippen LogP contribution in [0.4, 0.5) is 0 Å². The number of benzene rings is 2. The van der Waals surface area contributed by atoms with E-state index in [1.165, 1.54) is 20.9 Å². The van der Waals surface area contributed by atoms with Crippen LogP contribution in [0.25, 0.3) is 5.70 Å². The Hall–Kier alpha value is -6.46. The van der Waals surface area contributed by atoms with Gasteiger partial charge in [0, 0.05) is 26.7 Å². The molecule has 8 atom stereocenters. The molecule has 22 nitrogen and oxygen atoms in total. The Morgan fingerprint density at radius 3 is 1.70 bits per heavy atom. The molecule has 2 fully saturated rings. The van der Waals surface area contributed by atoms with Gasteiger partial charge in [-0.1, -0.05) is 60.7 Å². The predicted octanol–water partition coefficient (Wildman–Crippen LogP) is 1.31. The summed E-state index contributed by atoms with van der Waals surface area (Å²) in [6.07, 6.45) is 5.15. The number of likely N-dealkylation sites (tertiary alicyclic amines) is 2. The van der Waals surface area contributed by atoms with Gasteiger partial charge in [-0.25, -0.2) is 4.68 Å². The number of aryl methyl sites for hydroxylation is 3. The third-order valence-corrected chi connectivity index (χ3v) is 14.9. The molecule has 3 aliphatic heterocycles. The second-order valence-electron chi connectivity index (χ2n) is 19.8. The van der Waals surface area contributed by atoms with E-state index in [4.69, 9.17) is 9.47 Å². The van der Waals surface area contributed by atoms with Crippen molar-refractivity contribution >= 4 is 41.1 Å². The van der Waals surface area contributed by atoms with Gasteiger partial charge in [0.15, 0.2) is 0 Å². The maximum absolute atomic E-state index is 14.6. The SMILES string of the molecule is CCCn1nnc(CO[C@H](NC(=O)[C@H](C)NC)C(=O)N2CCC[C@@H]2C(=O)N[C@H]2CCCc3ccccc32)c1C1=C(CO[C@H](NC(=O)[C@H](C)NC)C(=O)N2CCC[C@H]2C(=O)N[C@@H]2CCCc3ccccc32)NNN1C. The van der Waals surface area contributed by atoms with Crippen molar-refractivity contribution in [3.63, 3.8) is 0 Å². The van der Waals surface area contributed by atoms with E-state index >= 15 is 0 Å². The monoisotopic (exact) mass is 1020 g/mol. The maximum atomic E-state index is 14.6. The zero-order valence-corrected chi connectivity index (χ0v) is 43.5. The number of amides is 6. The molecule has 3 aromatic rings. The molecule has 8 rings (SSSR count). The van der Waals surface area contributed by atoms with Crippen molar-refractivity contribution in [1.29, 1.82) is 0 Å². The van der Waals surface area contributed by atoms with Crippen LogP contribution in [0.15, 0.2) is 54.2 Å². The number of hydrogen-bond acceptors (Lipinski definition) is 15. The van der Waals surface area contributed by atoms with E-state index in [2.05, 4.69) is 65.3 Å². The number of carbonyl (C=O) groups excluding carboxylic acids is 6. The van der Waals surface area contributed by atoms with E-state index in [9.17, 15) is 28.8 Å². The number of aromatic nitrogens is 3. The standard InChI is InChI=1S/C52H74N14O8/c1-7-26-66-44(40(60-62-66)30-74-50(58-46(68)32(3)54-5)52(72)65-28-15-25-42(65)48(70)56-38-23-13-19-34-17-9-11-21-36(34)38)43-39(59-61-63(43)6)29-73-49(57-45(67)31(2)53-4)51(71)64-27-14-24-41(64)47(69)55-37-22-12-18-33-16-8-10-20-35(33)37/h8-11,16-17,20-21,31-32,37-38,41-42,49-50,53-54,59,61H,7,12-15,18-19,22-30H2,1-6H3,(H,55,69)(H,56,70)(H,57,67)(H,58,68)/t31-,32-,37+,38-,41-,42+,49-,50-/m0/s1. The minimum absolute atomic E-state index is 0.171. The van der Waals surface area contributed by atoms with Crippen LogP contribution in [0.1, 0.15) is 124 Å². The Labute approximate surface area is 432 Å². The van der Waals surface area contributed by atoms with E-state index in [0.717, 1.165) is 49.7 Å². The van der Waals surface area contributed by atoms with E-state index in [0.29, 0.717) is 74.5 Å². The van der Waals surface area contributed by atoms with Crippen molar-refractivity contribution in [1.82, 2.24) is 72.7 Å². The highest BCUT2D eigenvalue weighted by Gasteiger charge is 2.42. The Balaban J connectivity index is 1.01. The molecule has 0 unspecified atom stereocenters. The topological polar surface area (TPSA) is 258 Å². The van der Waals surface area contributed by atoms with Crippen molar-refractivity contribution in [2.45, 2.75) is 153 Å². The van der Waals surface area contributed by atoms with Crippen LogP contribution < -0.4 is 42.9 Å². The van der Waals surface area contributed by atoms with E-state index in [1.54, 1.807) is 44.7 Å². The molecule has 22 heteroatoms.